The summed E-state index contributed by atoms with van der Waals surface area (Å²) in [6, 6.07) is 9.27. The molecule has 0 radical (unpaired) electrons. The van der Waals surface area contributed by atoms with Gasteiger partial charge in [0.15, 0.2) is 0 Å². The average Bonchev–Trinajstić information content (AvgIpc) is 3.03. The van der Waals surface area contributed by atoms with Gasteiger partial charge in [-0.25, -0.2) is 8.42 Å². The monoisotopic (exact) mass is 369 g/mol. The van der Waals surface area contributed by atoms with Gasteiger partial charge in [-0.1, -0.05) is 13.8 Å². The molecule has 2 aromatic rings. The van der Waals surface area contributed by atoms with Crippen LogP contribution in [0.1, 0.15) is 13.8 Å². The molecule has 0 fully saturated rings. The summed E-state index contributed by atoms with van der Waals surface area (Å²) in [4.78, 5) is 12.0. The second-order valence-electron chi connectivity index (χ2n) is 5.53. The highest BCUT2D eigenvalue weighted by molar-refractivity contribution is 7.91. The predicted molar refractivity (Wildman–Crippen MR) is 92.9 cm³/mol. The van der Waals surface area contributed by atoms with Crippen LogP contribution in [0.15, 0.2) is 40.6 Å². The maximum atomic E-state index is 12.4. The highest BCUT2D eigenvalue weighted by Crippen LogP contribution is 2.31. The molecule has 0 saturated heterocycles. The number of methoxy groups -OCH3 is 1. The largest absolute Gasteiger partial charge is 0.497 e. The predicted octanol–water partition coefficient (Wildman–Crippen LogP) is 2.81. The van der Waals surface area contributed by atoms with Crippen LogP contribution in [0.2, 0.25) is 0 Å². The molecule has 6 nitrogen and oxygen atoms in total. The lowest BCUT2D eigenvalue weighted by atomic mass is 10.1. The van der Waals surface area contributed by atoms with E-state index in [1.807, 2.05) is 12.1 Å². The van der Waals surface area contributed by atoms with Gasteiger partial charge in [0, 0.05) is 4.88 Å². The van der Waals surface area contributed by atoms with Gasteiger partial charge >= 0.3 is 5.97 Å². The number of sulfonamides is 1. The lowest BCUT2D eigenvalue weighted by Gasteiger charge is -2.17. The lowest BCUT2D eigenvalue weighted by Crippen LogP contribution is -2.43. The highest BCUT2D eigenvalue weighted by Gasteiger charge is 2.28. The molecule has 2 rings (SSSR count). The zero-order chi connectivity index (χ0) is 17.9. The number of aliphatic carboxylic acids is 1. The Morgan fingerprint density at radius 2 is 1.79 bits per heavy atom. The van der Waals surface area contributed by atoms with Crippen LogP contribution in [-0.2, 0) is 14.8 Å². The van der Waals surface area contributed by atoms with Gasteiger partial charge in [-0.2, -0.15) is 4.72 Å². The molecular formula is C16H19NO5S2. The Hall–Kier alpha value is -1.90. The number of carbonyl (C=O) groups is 1. The molecule has 0 saturated carbocycles. The zero-order valence-electron chi connectivity index (χ0n) is 13.5. The minimum Gasteiger partial charge on any atom is -0.497 e. The summed E-state index contributed by atoms with van der Waals surface area (Å²) < 4.78 is 32.3. The third kappa shape index (κ3) is 4.14. The molecular weight excluding hydrogens is 350 g/mol. The van der Waals surface area contributed by atoms with Gasteiger partial charge in [-0.05, 0) is 47.9 Å². The third-order valence-corrected chi connectivity index (χ3v) is 6.50. The highest BCUT2D eigenvalue weighted by atomic mass is 32.2. The maximum absolute atomic E-state index is 12.4. The quantitative estimate of drug-likeness (QED) is 0.783. The fraction of sp³-hybridized carbons (Fsp3) is 0.312. The summed E-state index contributed by atoms with van der Waals surface area (Å²) in [5.74, 6) is -0.843. The van der Waals surface area contributed by atoms with Crippen LogP contribution in [0, 0.1) is 5.92 Å². The van der Waals surface area contributed by atoms with Gasteiger partial charge in [-0.3, -0.25) is 4.79 Å². The fourth-order valence-electron chi connectivity index (χ4n) is 2.07. The van der Waals surface area contributed by atoms with Crippen molar-refractivity contribution in [3.8, 4) is 16.2 Å². The number of ether oxygens (including phenoxy) is 1. The minimum atomic E-state index is -3.89. The summed E-state index contributed by atoms with van der Waals surface area (Å²) in [6.07, 6.45) is 0. The van der Waals surface area contributed by atoms with Crippen molar-refractivity contribution in [1.29, 1.82) is 0 Å². The van der Waals surface area contributed by atoms with Crippen molar-refractivity contribution < 1.29 is 23.1 Å². The van der Waals surface area contributed by atoms with Crippen molar-refractivity contribution in [3.63, 3.8) is 0 Å². The number of carboxylic acid groups (broad SMARTS) is 1. The molecule has 1 heterocycles. The molecule has 0 aliphatic rings. The SMILES string of the molecule is COc1ccc(-c2ccc(S(=O)(=O)NC(C(=O)O)C(C)C)s2)cc1. The standard InChI is InChI=1S/C16H19NO5S2/c1-10(2)15(16(18)19)17-24(20,21)14-9-8-13(23-14)11-4-6-12(22-3)7-5-11/h4-10,15,17H,1-3H3,(H,18,19). The molecule has 0 amide bonds. The van der Waals surface area contributed by atoms with E-state index in [2.05, 4.69) is 4.72 Å². The van der Waals surface area contributed by atoms with Crippen molar-refractivity contribution in [2.24, 2.45) is 5.92 Å². The zero-order valence-corrected chi connectivity index (χ0v) is 15.1. The van der Waals surface area contributed by atoms with E-state index in [9.17, 15) is 13.2 Å². The Morgan fingerprint density at radius 3 is 2.29 bits per heavy atom. The summed E-state index contributed by atoms with van der Waals surface area (Å²) in [5, 5.41) is 9.15. The van der Waals surface area contributed by atoms with E-state index in [4.69, 9.17) is 9.84 Å². The van der Waals surface area contributed by atoms with Gasteiger partial charge in [0.05, 0.1) is 7.11 Å². The van der Waals surface area contributed by atoms with Crippen LogP contribution in [-0.4, -0.2) is 32.6 Å². The second kappa shape index (κ2) is 7.33. The Kier molecular flexibility index (Phi) is 5.63. The van der Waals surface area contributed by atoms with E-state index >= 15 is 0 Å². The molecule has 0 aliphatic heterocycles. The van der Waals surface area contributed by atoms with E-state index in [0.29, 0.717) is 5.75 Å². The molecule has 130 valence electrons. The van der Waals surface area contributed by atoms with Gasteiger partial charge < -0.3 is 9.84 Å². The number of thiophene rings is 1. The summed E-state index contributed by atoms with van der Waals surface area (Å²) >= 11 is 1.09. The first-order valence-corrected chi connectivity index (χ1v) is 9.54. The van der Waals surface area contributed by atoms with E-state index < -0.39 is 22.0 Å². The number of hydrogen-bond donors (Lipinski definition) is 2. The van der Waals surface area contributed by atoms with Crippen molar-refractivity contribution in [1.82, 2.24) is 4.72 Å². The van der Waals surface area contributed by atoms with Crippen LogP contribution < -0.4 is 9.46 Å². The number of benzene rings is 1. The number of hydrogen-bond acceptors (Lipinski definition) is 5. The number of carboxylic acids is 1. The van der Waals surface area contributed by atoms with Gasteiger partial charge in [0.25, 0.3) is 10.0 Å². The second-order valence-corrected chi connectivity index (χ2v) is 8.55. The first-order chi connectivity index (χ1) is 11.2. The molecule has 0 aliphatic carbocycles. The molecule has 1 aromatic carbocycles. The molecule has 0 bridgehead atoms. The smallest absolute Gasteiger partial charge is 0.322 e. The molecule has 2 N–H and O–H groups in total. The lowest BCUT2D eigenvalue weighted by molar-refractivity contribution is -0.140. The summed E-state index contributed by atoms with van der Waals surface area (Å²) in [7, 11) is -2.31. The van der Waals surface area contributed by atoms with Gasteiger partial charge in [0.2, 0.25) is 0 Å². The van der Waals surface area contributed by atoms with Crippen LogP contribution in [0.5, 0.6) is 5.75 Å². The normalized spacial score (nSPS) is 13.0. The Bertz CT molecular complexity index is 809. The van der Waals surface area contributed by atoms with Crippen molar-refractivity contribution in [2.45, 2.75) is 24.1 Å². The van der Waals surface area contributed by atoms with E-state index in [0.717, 1.165) is 21.8 Å². The van der Waals surface area contributed by atoms with Crippen molar-refractivity contribution in [3.05, 3.63) is 36.4 Å². The van der Waals surface area contributed by atoms with Crippen LogP contribution in [0.3, 0.4) is 0 Å². The molecule has 1 unspecified atom stereocenters. The topological polar surface area (TPSA) is 92.7 Å². The Labute approximate surface area is 145 Å². The van der Waals surface area contributed by atoms with Gasteiger partial charge in [-0.15, -0.1) is 11.3 Å². The van der Waals surface area contributed by atoms with E-state index in [1.165, 1.54) is 6.07 Å². The third-order valence-electron chi connectivity index (χ3n) is 3.44. The van der Waals surface area contributed by atoms with Crippen LogP contribution in [0.4, 0.5) is 0 Å². The summed E-state index contributed by atoms with van der Waals surface area (Å²) in [6.45, 7) is 3.30. The van der Waals surface area contributed by atoms with Gasteiger partial charge in [0.1, 0.15) is 16.0 Å². The van der Waals surface area contributed by atoms with Crippen LogP contribution >= 0.6 is 11.3 Å². The molecule has 0 spiro atoms. The summed E-state index contributed by atoms with van der Waals surface area (Å²) in [5.41, 5.74) is 0.862. The van der Waals surface area contributed by atoms with Crippen molar-refractivity contribution in [2.75, 3.05) is 7.11 Å². The minimum absolute atomic E-state index is 0.0835. The Morgan fingerprint density at radius 1 is 1.17 bits per heavy atom. The van der Waals surface area contributed by atoms with Crippen molar-refractivity contribution >= 4 is 27.3 Å². The first-order valence-electron chi connectivity index (χ1n) is 7.24. The average molecular weight is 369 g/mol. The molecule has 1 atom stereocenters. The fourth-order valence-corrected chi connectivity index (χ4v) is 4.74. The van der Waals surface area contributed by atoms with E-state index in [1.54, 1.807) is 39.2 Å². The van der Waals surface area contributed by atoms with Crippen LogP contribution in [0.25, 0.3) is 10.4 Å². The number of rotatable bonds is 7. The maximum Gasteiger partial charge on any atom is 0.322 e. The Balaban J connectivity index is 2.26. The number of nitrogens with one attached hydrogen (secondary N) is 1. The first kappa shape index (κ1) is 18.4. The molecule has 8 heteroatoms. The van der Waals surface area contributed by atoms with E-state index in [-0.39, 0.29) is 10.1 Å². The molecule has 24 heavy (non-hydrogen) atoms. The molecule has 1 aromatic heterocycles.